The van der Waals surface area contributed by atoms with E-state index in [1.165, 1.54) is 22.3 Å². The molecule has 1 heterocycles. The van der Waals surface area contributed by atoms with E-state index in [2.05, 4.69) is 73.4 Å². The number of hydrogen-bond acceptors (Lipinski definition) is 1. The summed E-state index contributed by atoms with van der Waals surface area (Å²) in [5.41, 5.74) is 6.20. The molecular weight excluding hydrogens is 290 g/mol. The molecule has 0 fully saturated rings. The fourth-order valence-corrected chi connectivity index (χ4v) is 2.76. The molecular formula is C20H18ClN. The number of rotatable bonds is 3. The van der Waals surface area contributed by atoms with Crippen molar-refractivity contribution >= 4 is 11.6 Å². The number of halogens is 1. The van der Waals surface area contributed by atoms with Crippen LogP contribution in [0.5, 0.6) is 0 Å². The van der Waals surface area contributed by atoms with Gasteiger partial charge >= 0.3 is 0 Å². The molecule has 110 valence electrons. The monoisotopic (exact) mass is 307 g/mol. The summed E-state index contributed by atoms with van der Waals surface area (Å²) >= 11 is 5.94. The van der Waals surface area contributed by atoms with Crippen LogP contribution in [0.25, 0.3) is 0 Å². The minimum absolute atomic E-state index is 0.172. The Labute approximate surface area is 136 Å². The summed E-state index contributed by atoms with van der Waals surface area (Å²) < 4.78 is 0. The molecule has 0 radical (unpaired) electrons. The molecule has 3 aromatic rings. The maximum absolute atomic E-state index is 5.94. The lowest BCUT2D eigenvalue weighted by Crippen LogP contribution is -2.04. The molecule has 0 amide bonds. The third kappa shape index (κ3) is 3.20. The summed E-state index contributed by atoms with van der Waals surface area (Å²) in [5.74, 6) is 0.172. The van der Waals surface area contributed by atoms with Crippen molar-refractivity contribution in [3.05, 3.63) is 99.8 Å². The zero-order valence-corrected chi connectivity index (χ0v) is 13.5. The van der Waals surface area contributed by atoms with E-state index in [0.717, 1.165) is 5.56 Å². The molecule has 0 aliphatic rings. The predicted molar refractivity (Wildman–Crippen MR) is 92.6 cm³/mol. The Morgan fingerprint density at radius 2 is 1.14 bits per heavy atom. The van der Waals surface area contributed by atoms with Crippen LogP contribution in [0.4, 0.5) is 0 Å². The van der Waals surface area contributed by atoms with Crippen LogP contribution in [-0.2, 0) is 0 Å². The maximum atomic E-state index is 5.94. The Kier molecular flexibility index (Phi) is 4.26. The predicted octanol–water partition coefficient (Wildman–Crippen LogP) is 5.53. The first kappa shape index (κ1) is 14.8. The molecule has 3 rings (SSSR count). The average Bonchev–Trinajstić information content (AvgIpc) is 2.53. The van der Waals surface area contributed by atoms with Crippen molar-refractivity contribution in [2.45, 2.75) is 19.8 Å². The smallest absolute Gasteiger partial charge is 0.129 e. The summed E-state index contributed by atoms with van der Waals surface area (Å²) in [4.78, 5) is 4.25. The van der Waals surface area contributed by atoms with Gasteiger partial charge in [-0.3, -0.25) is 0 Å². The van der Waals surface area contributed by atoms with Crippen molar-refractivity contribution in [1.29, 1.82) is 0 Å². The van der Waals surface area contributed by atoms with Crippen molar-refractivity contribution in [2.75, 3.05) is 0 Å². The number of aromatic nitrogens is 1. The number of aryl methyl sites for hydroxylation is 2. The Morgan fingerprint density at radius 3 is 1.55 bits per heavy atom. The molecule has 0 atom stereocenters. The molecule has 2 aromatic carbocycles. The van der Waals surface area contributed by atoms with E-state index < -0.39 is 0 Å². The van der Waals surface area contributed by atoms with E-state index in [4.69, 9.17) is 11.6 Å². The third-order valence-corrected chi connectivity index (χ3v) is 4.13. The number of benzene rings is 2. The molecule has 22 heavy (non-hydrogen) atoms. The van der Waals surface area contributed by atoms with E-state index in [9.17, 15) is 0 Å². The standard InChI is InChI=1S/C20H18ClN/c1-14-3-7-16(8-4-14)20(17-9-5-15(2)6-10-17)18-11-12-19(21)22-13-18/h3-13,20H,1-2H3. The van der Waals surface area contributed by atoms with Gasteiger partial charge in [0.25, 0.3) is 0 Å². The van der Waals surface area contributed by atoms with Crippen LogP contribution in [0.15, 0.2) is 66.9 Å². The van der Waals surface area contributed by atoms with Gasteiger partial charge in [0.1, 0.15) is 5.15 Å². The lowest BCUT2D eigenvalue weighted by atomic mass is 9.85. The highest BCUT2D eigenvalue weighted by Crippen LogP contribution is 2.32. The van der Waals surface area contributed by atoms with E-state index in [1.807, 2.05) is 12.3 Å². The molecule has 2 heteroatoms. The highest BCUT2D eigenvalue weighted by Gasteiger charge is 2.17. The van der Waals surface area contributed by atoms with Gasteiger partial charge in [-0.15, -0.1) is 0 Å². The lowest BCUT2D eigenvalue weighted by Gasteiger charge is -2.19. The summed E-state index contributed by atoms with van der Waals surface area (Å²) in [6.07, 6.45) is 1.87. The zero-order valence-electron chi connectivity index (χ0n) is 12.8. The SMILES string of the molecule is Cc1ccc(C(c2ccc(C)cc2)c2ccc(Cl)nc2)cc1. The van der Waals surface area contributed by atoms with Crippen molar-refractivity contribution in [2.24, 2.45) is 0 Å². The minimum Gasteiger partial charge on any atom is -0.244 e. The Morgan fingerprint density at radius 1 is 0.682 bits per heavy atom. The van der Waals surface area contributed by atoms with Gasteiger partial charge in [0.2, 0.25) is 0 Å². The number of pyridine rings is 1. The summed E-state index contributed by atoms with van der Waals surface area (Å²) in [6.45, 7) is 4.21. The molecule has 1 nitrogen and oxygen atoms in total. The zero-order chi connectivity index (χ0) is 15.5. The van der Waals surface area contributed by atoms with Crippen molar-refractivity contribution in [3.63, 3.8) is 0 Å². The van der Waals surface area contributed by atoms with Crippen LogP contribution in [0.3, 0.4) is 0 Å². The maximum Gasteiger partial charge on any atom is 0.129 e. The van der Waals surface area contributed by atoms with Gasteiger partial charge in [0.15, 0.2) is 0 Å². The largest absolute Gasteiger partial charge is 0.244 e. The molecule has 0 aliphatic carbocycles. The topological polar surface area (TPSA) is 12.9 Å². The van der Waals surface area contributed by atoms with E-state index >= 15 is 0 Å². The quantitative estimate of drug-likeness (QED) is 0.580. The highest BCUT2D eigenvalue weighted by molar-refractivity contribution is 6.29. The van der Waals surface area contributed by atoms with Gasteiger partial charge in [0.05, 0.1) is 0 Å². The van der Waals surface area contributed by atoms with E-state index in [0.29, 0.717) is 5.15 Å². The van der Waals surface area contributed by atoms with Gasteiger partial charge < -0.3 is 0 Å². The summed E-state index contributed by atoms with van der Waals surface area (Å²) in [6, 6.07) is 21.3. The van der Waals surface area contributed by atoms with Gasteiger partial charge in [-0.05, 0) is 36.6 Å². The number of nitrogens with zero attached hydrogens (tertiary/aromatic N) is 1. The van der Waals surface area contributed by atoms with Gasteiger partial charge in [-0.2, -0.15) is 0 Å². The second-order valence-electron chi connectivity index (χ2n) is 5.67. The van der Waals surface area contributed by atoms with Crippen LogP contribution < -0.4 is 0 Å². The fraction of sp³-hybridized carbons (Fsp3) is 0.150. The summed E-state index contributed by atoms with van der Waals surface area (Å²) in [7, 11) is 0. The highest BCUT2D eigenvalue weighted by atomic mass is 35.5. The van der Waals surface area contributed by atoms with Crippen LogP contribution in [0, 0.1) is 13.8 Å². The van der Waals surface area contributed by atoms with E-state index in [1.54, 1.807) is 0 Å². The van der Waals surface area contributed by atoms with Crippen molar-refractivity contribution < 1.29 is 0 Å². The summed E-state index contributed by atoms with van der Waals surface area (Å²) in [5, 5.41) is 0.523. The van der Waals surface area contributed by atoms with Crippen molar-refractivity contribution in [1.82, 2.24) is 4.98 Å². The first-order valence-electron chi connectivity index (χ1n) is 7.38. The molecule has 0 unspecified atom stereocenters. The first-order valence-corrected chi connectivity index (χ1v) is 7.76. The Balaban J connectivity index is 2.10. The van der Waals surface area contributed by atoms with Crippen molar-refractivity contribution in [3.8, 4) is 0 Å². The average molecular weight is 308 g/mol. The lowest BCUT2D eigenvalue weighted by molar-refractivity contribution is 0.961. The second-order valence-corrected chi connectivity index (χ2v) is 6.06. The number of hydrogen-bond donors (Lipinski definition) is 0. The molecule has 0 spiro atoms. The first-order chi connectivity index (χ1) is 10.6. The third-order valence-electron chi connectivity index (χ3n) is 3.90. The second kappa shape index (κ2) is 6.33. The molecule has 0 bridgehead atoms. The molecule has 0 saturated carbocycles. The van der Waals surface area contributed by atoms with Crippen LogP contribution >= 0.6 is 11.6 Å². The molecule has 0 aliphatic heterocycles. The van der Waals surface area contributed by atoms with Gasteiger partial charge in [-0.25, -0.2) is 4.98 Å². The molecule has 0 N–H and O–H groups in total. The van der Waals surface area contributed by atoms with Gasteiger partial charge in [-0.1, -0.05) is 77.3 Å². The Hall–Kier alpha value is -2.12. The van der Waals surface area contributed by atoms with Crippen LogP contribution in [-0.4, -0.2) is 4.98 Å². The Bertz CT molecular complexity index is 635. The van der Waals surface area contributed by atoms with Crippen LogP contribution in [0.1, 0.15) is 33.7 Å². The minimum atomic E-state index is 0.172. The van der Waals surface area contributed by atoms with E-state index in [-0.39, 0.29) is 5.92 Å². The van der Waals surface area contributed by atoms with Crippen LogP contribution in [0.2, 0.25) is 5.15 Å². The van der Waals surface area contributed by atoms with Gasteiger partial charge in [0, 0.05) is 12.1 Å². The normalized spacial score (nSPS) is 10.9. The molecule has 0 saturated heterocycles. The molecule has 1 aromatic heterocycles. The fourth-order valence-electron chi connectivity index (χ4n) is 2.65.